The topological polar surface area (TPSA) is 57.3 Å². The van der Waals surface area contributed by atoms with Crippen molar-refractivity contribution in [3.05, 3.63) is 59.8 Å². The summed E-state index contributed by atoms with van der Waals surface area (Å²) in [5.74, 6) is 0.684. The summed E-state index contributed by atoms with van der Waals surface area (Å²) < 4.78 is 5.04. The molecule has 114 valence electrons. The van der Waals surface area contributed by atoms with Gasteiger partial charge in [0, 0.05) is 18.3 Å². The SMILES string of the molecule is COc1ccc(CNCCc2ccc3[nH]ccc3c2)cc1O. The third-order valence-electron chi connectivity index (χ3n) is 3.78. The summed E-state index contributed by atoms with van der Waals surface area (Å²) in [5, 5.41) is 14.4. The van der Waals surface area contributed by atoms with Crippen molar-refractivity contribution in [2.24, 2.45) is 0 Å². The highest BCUT2D eigenvalue weighted by atomic mass is 16.5. The largest absolute Gasteiger partial charge is 0.504 e. The summed E-state index contributed by atoms with van der Waals surface area (Å²) in [5.41, 5.74) is 3.53. The molecule has 0 saturated heterocycles. The zero-order valence-corrected chi connectivity index (χ0v) is 12.6. The summed E-state index contributed by atoms with van der Waals surface area (Å²) in [6.07, 6.45) is 2.94. The molecule has 0 aliphatic heterocycles. The molecule has 0 aliphatic rings. The summed E-state index contributed by atoms with van der Waals surface area (Å²) in [4.78, 5) is 3.20. The Kier molecular flexibility index (Phi) is 4.30. The first-order chi connectivity index (χ1) is 10.8. The van der Waals surface area contributed by atoms with Crippen molar-refractivity contribution in [2.45, 2.75) is 13.0 Å². The fourth-order valence-electron chi connectivity index (χ4n) is 2.57. The molecule has 1 aromatic heterocycles. The van der Waals surface area contributed by atoms with Gasteiger partial charge in [-0.1, -0.05) is 12.1 Å². The first kappa shape index (κ1) is 14.5. The van der Waals surface area contributed by atoms with E-state index in [0.717, 1.165) is 25.1 Å². The molecule has 22 heavy (non-hydrogen) atoms. The van der Waals surface area contributed by atoms with Gasteiger partial charge in [0.25, 0.3) is 0 Å². The highest BCUT2D eigenvalue weighted by molar-refractivity contribution is 5.79. The van der Waals surface area contributed by atoms with Crippen LogP contribution in [0.5, 0.6) is 11.5 Å². The average molecular weight is 296 g/mol. The van der Waals surface area contributed by atoms with Gasteiger partial charge < -0.3 is 20.1 Å². The van der Waals surface area contributed by atoms with E-state index in [-0.39, 0.29) is 5.75 Å². The van der Waals surface area contributed by atoms with Crippen LogP contribution >= 0.6 is 0 Å². The first-order valence-electron chi connectivity index (χ1n) is 7.39. The third kappa shape index (κ3) is 3.23. The van der Waals surface area contributed by atoms with Crippen LogP contribution in [0, 0.1) is 0 Å². The minimum Gasteiger partial charge on any atom is -0.504 e. The zero-order chi connectivity index (χ0) is 15.4. The van der Waals surface area contributed by atoms with Crippen molar-refractivity contribution >= 4 is 10.9 Å². The van der Waals surface area contributed by atoms with Crippen molar-refractivity contribution in [1.29, 1.82) is 0 Å². The van der Waals surface area contributed by atoms with Crippen molar-refractivity contribution < 1.29 is 9.84 Å². The molecule has 0 unspecified atom stereocenters. The molecule has 0 radical (unpaired) electrons. The smallest absolute Gasteiger partial charge is 0.160 e. The highest BCUT2D eigenvalue weighted by Gasteiger charge is 2.02. The van der Waals surface area contributed by atoms with Crippen LogP contribution in [0.25, 0.3) is 10.9 Å². The molecular weight excluding hydrogens is 276 g/mol. The maximum atomic E-state index is 9.75. The lowest BCUT2D eigenvalue weighted by Crippen LogP contribution is -2.16. The molecular formula is C18H20N2O2. The van der Waals surface area contributed by atoms with Crippen LogP contribution in [0.3, 0.4) is 0 Å². The lowest BCUT2D eigenvalue weighted by molar-refractivity contribution is 0.373. The van der Waals surface area contributed by atoms with E-state index in [1.54, 1.807) is 19.2 Å². The maximum absolute atomic E-state index is 9.75. The molecule has 4 nitrogen and oxygen atoms in total. The number of methoxy groups -OCH3 is 1. The number of fused-ring (bicyclic) bond motifs is 1. The van der Waals surface area contributed by atoms with Crippen molar-refractivity contribution in [1.82, 2.24) is 10.3 Å². The van der Waals surface area contributed by atoms with E-state index in [1.807, 2.05) is 12.3 Å². The van der Waals surface area contributed by atoms with Gasteiger partial charge in [0.15, 0.2) is 11.5 Å². The minimum absolute atomic E-state index is 0.180. The van der Waals surface area contributed by atoms with Crippen molar-refractivity contribution in [3.63, 3.8) is 0 Å². The molecule has 3 N–H and O–H groups in total. The van der Waals surface area contributed by atoms with Crippen LogP contribution < -0.4 is 10.1 Å². The Bertz CT molecular complexity index is 765. The second kappa shape index (κ2) is 6.54. The number of aromatic nitrogens is 1. The Morgan fingerprint density at radius 1 is 1.09 bits per heavy atom. The van der Waals surface area contributed by atoms with E-state index in [1.165, 1.54) is 16.5 Å². The van der Waals surface area contributed by atoms with E-state index in [4.69, 9.17) is 4.74 Å². The molecule has 3 rings (SSSR count). The lowest BCUT2D eigenvalue weighted by atomic mass is 10.1. The molecule has 0 atom stereocenters. The number of H-pyrrole nitrogens is 1. The number of aromatic amines is 1. The van der Waals surface area contributed by atoms with Gasteiger partial charge in [-0.15, -0.1) is 0 Å². The quantitative estimate of drug-likeness (QED) is 0.612. The second-order valence-corrected chi connectivity index (χ2v) is 5.33. The van der Waals surface area contributed by atoms with Gasteiger partial charge in [-0.05, 0) is 59.8 Å². The number of ether oxygens (including phenoxy) is 1. The molecule has 1 heterocycles. The van der Waals surface area contributed by atoms with Crippen LogP contribution in [0.4, 0.5) is 0 Å². The average Bonchev–Trinajstić information content (AvgIpc) is 2.99. The molecule has 3 aromatic rings. The van der Waals surface area contributed by atoms with Gasteiger partial charge in [-0.25, -0.2) is 0 Å². The lowest BCUT2D eigenvalue weighted by Gasteiger charge is -2.08. The Morgan fingerprint density at radius 2 is 1.95 bits per heavy atom. The normalized spacial score (nSPS) is 11.0. The Hall–Kier alpha value is -2.46. The zero-order valence-electron chi connectivity index (χ0n) is 12.6. The van der Waals surface area contributed by atoms with Crippen LogP contribution in [0.15, 0.2) is 48.7 Å². The number of hydrogen-bond donors (Lipinski definition) is 3. The van der Waals surface area contributed by atoms with Crippen LogP contribution in [-0.4, -0.2) is 23.7 Å². The number of benzene rings is 2. The maximum Gasteiger partial charge on any atom is 0.160 e. The van der Waals surface area contributed by atoms with Gasteiger partial charge in [0.2, 0.25) is 0 Å². The van der Waals surface area contributed by atoms with E-state index < -0.39 is 0 Å². The van der Waals surface area contributed by atoms with Gasteiger partial charge in [-0.3, -0.25) is 0 Å². The number of phenols is 1. The minimum atomic E-state index is 0.180. The first-order valence-corrected chi connectivity index (χ1v) is 7.39. The molecule has 0 saturated carbocycles. The predicted molar refractivity (Wildman–Crippen MR) is 88.4 cm³/mol. The predicted octanol–water partition coefficient (Wildman–Crippen LogP) is 3.21. The van der Waals surface area contributed by atoms with Gasteiger partial charge in [0.1, 0.15) is 0 Å². The van der Waals surface area contributed by atoms with Gasteiger partial charge in [-0.2, -0.15) is 0 Å². The number of phenolic OH excluding ortho intramolecular Hbond substituents is 1. The fourth-order valence-corrected chi connectivity index (χ4v) is 2.57. The molecule has 0 amide bonds. The van der Waals surface area contributed by atoms with Crippen LogP contribution in [-0.2, 0) is 13.0 Å². The standard InChI is InChI=1S/C18H20N2O2/c1-22-18-5-3-14(11-17(18)21)12-19-8-6-13-2-4-16-15(10-13)7-9-20-16/h2-5,7,9-11,19-21H,6,8,12H2,1H3. The highest BCUT2D eigenvalue weighted by Crippen LogP contribution is 2.26. The molecule has 0 spiro atoms. The van der Waals surface area contributed by atoms with E-state index in [0.29, 0.717) is 5.75 Å². The summed E-state index contributed by atoms with van der Waals surface area (Å²) in [6, 6.07) is 14.0. The molecule has 4 heteroatoms. The number of nitrogens with one attached hydrogen (secondary N) is 2. The van der Waals surface area contributed by atoms with E-state index >= 15 is 0 Å². The fraction of sp³-hybridized carbons (Fsp3) is 0.222. The molecule has 0 bridgehead atoms. The van der Waals surface area contributed by atoms with Crippen LogP contribution in [0.1, 0.15) is 11.1 Å². The third-order valence-corrected chi connectivity index (χ3v) is 3.78. The molecule has 0 aliphatic carbocycles. The Labute approximate surface area is 129 Å². The van der Waals surface area contributed by atoms with E-state index in [9.17, 15) is 5.11 Å². The Balaban J connectivity index is 1.51. The number of hydrogen-bond acceptors (Lipinski definition) is 3. The van der Waals surface area contributed by atoms with Crippen LogP contribution in [0.2, 0.25) is 0 Å². The number of rotatable bonds is 6. The van der Waals surface area contributed by atoms with Gasteiger partial charge in [0.05, 0.1) is 7.11 Å². The second-order valence-electron chi connectivity index (χ2n) is 5.33. The molecule has 0 fully saturated rings. The van der Waals surface area contributed by atoms with E-state index in [2.05, 4.69) is 34.6 Å². The van der Waals surface area contributed by atoms with Gasteiger partial charge >= 0.3 is 0 Å². The summed E-state index contributed by atoms with van der Waals surface area (Å²) in [7, 11) is 1.55. The number of aromatic hydroxyl groups is 1. The summed E-state index contributed by atoms with van der Waals surface area (Å²) >= 11 is 0. The molecule has 2 aromatic carbocycles. The van der Waals surface area contributed by atoms with Crippen molar-refractivity contribution in [2.75, 3.05) is 13.7 Å². The Morgan fingerprint density at radius 3 is 2.77 bits per heavy atom. The van der Waals surface area contributed by atoms with Crippen molar-refractivity contribution in [3.8, 4) is 11.5 Å². The monoisotopic (exact) mass is 296 g/mol. The summed E-state index contributed by atoms with van der Waals surface area (Å²) in [6.45, 7) is 1.62.